The number of fused-ring (bicyclic) bond motifs is 1. The van der Waals surface area contributed by atoms with Gasteiger partial charge in [-0.3, -0.25) is 0 Å². The number of imidazole rings is 1. The molecule has 3 heteroatoms. The van der Waals surface area contributed by atoms with E-state index in [0.717, 1.165) is 16.9 Å². The molecule has 2 N–H and O–H groups in total. The number of aromatic nitrogens is 2. The highest BCUT2D eigenvalue weighted by molar-refractivity contribution is 5.42. The van der Waals surface area contributed by atoms with Gasteiger partial charge in [0, 0.05) is 18.9 Å². The molecular formula is C9H11N3. The van der Waals surface area contributed by atoms with Crippen LogP contribution in [0.2, 0.25) is 0 Å². The summed E-state index contributed by atoms with van der Waals surface area (Å²) in [6.07, 6.45) is 3.98. The van der Waals surface area contributed by atoms with Crippen LogP contribution in [0.1, 0.15) is 11.3 Å². The Morgan fingerprint density at radius 1 is 1.58 bits per heavy atom. The highest BCUT2D eigenvalue weighted by atomic mass is 15.0. The predicted octanol–water partition coefficient (Wildman–Crippen LogP) is 1.10. The highest BCUT2D eigenvalue weighted by Crippen LogP contribution is 2.06. The molecule has 0 aliphatic heterocycles. The third kappa shape index (κ3) is 1.08. The standard InChI is InChI=1S/C9H11N3/c1-7-6-12-3-2-8(5-10)4-9(12)11-7/h2-4,6H,5,10H2,1H3. The maximum absolute atomic E-state index is 5.51. The average molecular weight is 161 g/mol. The first-order valence-electron chi connectivity index (χ1n) is 3.94. The SMILES string of the molecule is Cc1cn2ccc(CN)cc2n1. The van der Waals surface area contributed by atoms with Gasteiger partial charge in [0.05, 0.1) is 5.69 Å². The molecule has 3 nitrogen and oxygen atoms in total. The van der Waals surface area contributed by atoms with Crippen molar-refractivity contribution < 1.29 is 0 Å². The van der Waals surface area contributed by atoms with Gasteiger partial charge < -0.3 is 10.1 Å². The Morgan fingerprint density at radius 3 is 3.17 bits per heavy atom. The van der Waals surface area contributed by atoms with Crippen molar-refractivity contribution in [2.24, 2.45) is 5.73 Å². The quantitative estimate of drug-likeness (QED) is 0.680. The summed E-state index contributed by atoms with van der Waals surface area (Å²) in [6, 6.07) is 4.02. The van der Waals surface area contributed by atoms with Gasteiger partial charge in [-0.05, 0) is 24.6 Å². The van der Waals surface area contributed by atoms with Crippen LogP contribution in [0.3, 0.4) is 0 Å². The smallest absolute Gasteiger partial charge is 0.137 e. The topological polar surface area (TPSA) is 43.3 Å². The second-order valence-corrected chi connectivity index (χ2v) is 2.89. The number of rotatable bonds is 1. The normalized spacial score (nSPS) is 10.8. The van der Waals surface area contributed by atoms with Crippen LogP contribution in [0.5, 0.6) is 0 Å². The lowest BCUT2D eigenvalue weighted by molar-refractivity contribution is 1.05. The molecule has 0 bridgehead atoms. The van der Waals surface area contributed by atoms with Gasteiger partial charge in [0.2, 0.25) is 0 Å². The van der Waals surface area contributed by atoms with Gasteiger partial charge in [0.25, 0.3) is 0 Å². The summed E-state index contributed by atoms with van der Waals surface area (Å²) in [5, 5.41) is 0. The fraction of sp³-hybridized carbons (Fsp3) is 0.222. The minimum atomic E-state index is 0.572. The van der Waals surface area contributed by atoms with Gasteiger partial charge >= 0.3 is 0 Å². The van der Waals surface area contributed by atoms with Crippen LogP contribution in [0.25, 0.3) is 5.65 Å². The molecule has 12 heavy (non-hydrogen) atoms. The lowest BCUT2D eigenvalue weighted by atomic mass is 10.3. The Morgan fingerprint density at radius 2 is 2.42 bits per heavy atom. The van der Waals surface area contributed by atoms with Gasteiger partial charge in [-0.15, -0.1) is 0 Å². The number of hydrogen-bond donors (Lipinski definition) is 1. The Hall–Kier alpha value is -1.35. The Labute approximate surface area is 70.8 Å². The molecule has 2 aromatic heterocycles. The van der Waals surface area contributed by atoms with Crippen molar-refractivity contribution in [3.05, 3.63) is 35.8 Å². The molecule has 2 heterocycles. The zero-order valence-electron chi connectivity index (χ0n) is 6.99. The molecule has 0 fully saturated rings. The zero-order chi connectivity index (χ0) is 8.55. The minimum absolute atomic E-state index is 0.572. The van der Waals surface area contributed by atoms with E-state index in [1.807, 2.05) is 35.9 Å². The van der Waals surface area contributed by atoms with Crippen LogP contribution >= 0.6 is 0 Å². The summed E-state index contributed by atoms with van der Waals surface area (Å²) < 4.78 is 1.99. The first-order chi connectivity index (χ1) is 5.79. The minimum Gasteiger partial charge on any atom is -0.326 e. The molecule has 0 aromatic carbocycles. The zero-order valence-corrected chi connectivity index (χ0v) is 6.99. The second kappa shape index (κ2) is 2.60. The van der Waals surface area contributed by atoms with Crippen LogP contribution in [-0.2, 0) is 6.54 Å². The maximum atomic E-state index is 5.51. The summed E-state index contributed by atoms with van der Waals surface area (Å²) in [5.74, 6) is 0. The van der Waals surface area contributed by atoms with E-state index in [4.69, 9.17) is 5.73 Å². The van der Waals surface area contributed by atoms with Crippen LogP contribution in [-0.4, -0.2) is 9.38 Å². The highest BCUT2D eigenvalue weighted by Gasteiger charge is 1.97. The van der Waals surface area contributed by atoms with E-state index >= 15 is 0 Å². The van der Waals surface area contributed by atoms with Crippen molar-refractivity contribution in [2.45, 2.75) is 13.5 Å². The van der Waals surface area contributed by atoms with Crippen LogP contribution in [0.4, 0.5) is 0 Å². The monoisotopic (exact) mass is 161 g/mol. The fourth-order valence-electron chi connectivity index (χ4n) is 1.28. The Kier molecular flexibility index (Phi) is 1.59. The van der Waals surface area contributed by atoms with Crippen molar-refractivity contribution in [1.29, 1.82) is 0 Å². The van der Waals surface area contributed by atoms with E-state index in [9.17, 15) is 0 Å². The largest absolute Gasteiger partial charge is 0.326 e. The number of pyridine rings is 1. The molecule has 0 saturated heterocycles. The van der Waals surface area contributed by atoms with Gasteiger partial charge in [0.1, 0.15) is 5.65 Å². The lowest BCUT2D eigenvalue weighted by Gasteiger charge is -1.96. The van der Waals surface area contributed by atoms with Crippen LogP contribution < -0.4 is 5.73 Å². The molecule has 0 saturated carbocycles. The van der Waals surface area contributed by atoms with E-state index in [0.29, 0.717) is 6.54 Å². The van der Waals surface area contributed by atoms with Crippen molar-refractivity contribution in [2.75, 3.05) is 0 Å². The fourth-order valence-corrected chi connectivity index (χ4v) is 1.28. The first kappa shape index (κ1) is 7.31. The number of aryl methyl sites for hydroxylation is 1. The summed E-state index contributed by atoms with van der Waals surface area (Å²) >= 11 is 0. The van der Waals surface area contributed by atoms with Gasteiger partial charge in [0.15, 0.2) is 0 Å². The molecule has 62 valence electrons. The third-order valence-corrected chi connectivity index (χ3v) is 1.88. The summed E-state index contributed by atoms with van der Waals surface area (Å²) in [6.45, 7) is 2.55. The molecule has 0 aliphatic rings. The predicted molar refractivity (Wildman–Crippen MR) is 47.8 cm³/mol. The van der Waals surface area contributed by atoms with Crippen LogP contribution in [0.15, 0.2) is 24.5 Å². The van der Waals surface area contributed by atoms with Crippen molar-refractivity contribution in [3.63, 3.8) is 0 Å². The molecule has 0 aliphatic carbocycles. The van der Waals surface area contributed by atoms with E-state index < -0.39 is 0 Å². The molecule has 0 amide bonds. The third-order valence-electron chi connectivity index (χ3n) is 1.88. The van der Waals surface area contributed by atoms with Crippen molar-refractivity contribution in [3.8, 4) is 0 Å². The summed E-state index contributed by atoms with van der Waals surface area (Å²) in [7, 11) is 0. The van der Waals surface area contributed by atoms with E-state index in [2.05, 4.69) is 4.98 Å². The Bertz CT molecular complexity index is 403. The Balaban J connectivity index is 2.66. The molecule has 2 aromatic rings. The molecule has 0 radical (unpaired) electrons. The molecule has 0 unspecified atom stereocenters. The van der Waals surface area contributed by atoms with E-state index in [1.54, 1.807) is 0 Å². The number of nitrogens with two attached hydrogens (primary N) is 1. The molecular weight excluding hydrogens is 150 g/mol. The average Bonchev–Trinajstić information content (AvgIpc) is 2.43. The molecule has 2 rings (SSSR count). The van der Waals surface area contributed by atoms with Gasteiger partial charge in [-0.2, -0.15) is 0 Å². The summed E-state index contributed by atoms with van der Waals surface area (Å²) in [5.41, 5.74) is 8.63. The number of hydrogen-bond acceptors (Lipinski definition) is 2. The van der Waals surface area contributed by atoms with E-state index in [-0.39, 0.29) is 0 Å². The number of nitrogens with zero attached hydrogens (tertiary/aromatic N) is 2. The summed E-state index contributed by atoms with van der Waals surface area (Å²) in [4.78, 5) is 4.33. The molecule has 0 spiro atoms. The van der Waals surface area contributed by atoms with Crippen molar-refractivity contribution in [1.82, 2.24) is 9.38 Å². The second-order valence-electron chi connectivity index (χ2n) is 2.89. The van der Waals surface area contributed by atoms with Gasteiger partial charge in [-0.25, -0.2) is 4.98 Å². The van der Waals surface area contributed by atoms with E-state index in [1.165, 1.54) is 0 Å². The van der Waals surface area contributed by atoms with Crippen molar-refractivity contribution >= 4 is 5.65 Å². The van der Waals surface area contributed by atoms with Crippen LogP contribution in [0, 0.1) is 6.92 Å². The van der Waals surface area contributed by atoms with Gasteiger partial charge in [-0.1, -0.05) is 0 Å². The maximum Gasteiger partial charge on any atom is 0.137 e. The molecule has 0 atom stereocenters. The lowest BCUT2D eigenvalue weighted by Crippen LogP contribution is -1.96. The first-order valence-corrected chi connectivity index (χ1v) is 3.94.